The molecule has 0 fully saturated rings. The molecule has 0 radical (unpaired) electrons. The Labute approximate surface area is 78.6 Å². The zero-order valence-corrected chi connectivity index (χ0v) is 7.31. The maximum absolute atomic E-state index is 12.4. The quantitative estimate of drug-likeness (QED) is 0.394. The Balaban J connectivity index is 2.89. The highest BCUT2D eigenvalue weighted by atomic mass is 35.5. The summed E-state index contributed by atoms with van der Waals surface area (Å²) >= 11 is 10.5. The second-order valence-electron chi connectivity index (χ2n) is 2.01. The van der Waals surface area contributed by atoms with Gasteiger partial charge in [0, 0.05) is 11.8 Å². The summed E-state index contributed by atoms with van der Waals surface area (Å²) in [5.41, 5.74) is 0.332. The fraction of sp³-hybridized carbons (Fsp3) is 0. The SMILES string of the molecule is O=C(Cl)N(Cl)c1ccc(F)cc1. The first-order chi connectivity index (χ1) is 5.61. The van der Waals surface area contributed by atoms with E-state index in [0.29, 0.717) is 10.1 Å². The van der Waals surface area contributed by atoms with Crippen LogP contribution in [0.25, 0.3) is 0 Å². The summed E-state index contributed by atoms with van der Waals surface area (Å²) < 4.78 is 13.1. The molecule has 1 amide bonds. The van der Waals surface area contributed by atoms with Crippen molar-refractivity contribution in [2.75, 3.05) is 4.42 Å². The Hall–Kier alpha value is -0.800. The van der Waals surface area contributed by atoms with Crippen molar-refractivity contribution in [3.8, 4) is 0 Å². The van der Waals surface area contributed by atoms with Crippen molar-refractivity contribution in [1.82, 2.24) is 0 Å². The number of halogens is 3. The molecule has 5 heteroatoms. The molecule has 1 rings (SSSR count). The first kappa shape index (κ1) is 9.29. The number of nitrogens with zero attached hydrogens (tertiary/aromatic N) is 1. The normalized spacial score (nSPS) is 9.58. The van der Waals surface area contributed by atoms with Gasteiger partial charge in [-0.25, -0.2) is 8.81 Å². The van der Waals surface area contributed by atoms with Crippen molar-refractivity contribution >= 4 is 34.4 Å². The average molecular weight is 208 g/mol. The van der Waals surface area contributed by atoms with Gasteiger partial charge in [0.2, 0.25) is 0 Å². The van der Waals surface area contributed by atoms with E-state index in [4.69, 9.17) is 23.4 Å². The third-order valence-corrected chi connectivity index (χ3v) is 1.81. The number of hydrogen-bond acceptors (Lipinski definition) is 1. The van der Waals surface area contributed by atoms with Crippen LogP contribution < -0.4 is 4.42 Å². The van der Waals surface area contributed by atoms with Gasteiger partial charge >= 0.3 is 5.37 Å². The fourth-order valence-corrected chi connectivity index (χ4v) is 0.884. The van der Waals surface area contributed by atoms with E-state index in [9.17, 15) is 9.18 Å². The van der Waals surface area contributed by atoms with Crippen LogP contribution >= 0.6 is 23.4 Å². The van der Waals surface area contributed by atoms with Crippen molar-refractivity contribution < 1.29 is 9.18 Å². The molecule has 0 aliphatic rings. The minimum absolute atomic E-state index is 0.332. The lowest BCUT2D eigenvalue weighted by molar-refractivity contribution is 0.267. The molecule has 1 aromatic carbocycles. The van der Waals surface area contributed by atoms with Gasteiger partial charge in [-0.2, -0.15) is 0 Å². The van der Waals surface area contributed by atoms with Gasteiger partial charge in [-0.15, -0.1) is 0 Å². The molecule has 64 valence electrons. The lowest BCUT2D eigenvalue weighted by atomic mass is 10.3. The molecule has 0 aliphatic heterocycles. The number of amides is 1. The lowest BCUT2D eigenvalue weighted by Gasteiger charge is -2.08. The van der Waals surface area contributed by atoms with Gasteiger partial charge in [-0.05, 0) is 35.9 Å². The Morgan fingerprint density at radius 2 is 1.83 bits per heavy atom. The summed E-state index contributed by atoms with van der Waals surface area (Å²) in [5, 5.41) is -0.830. The minimum atomic E-state index is -0.830. The third kappa shape index (κ3) is 2.09. The van der Waals surface area contributed by atoms with Crippen LogP contribution in [0.1, 0.15) is 0 Å². The molecule has 0 saturated heterocycles. The van der Waals surface area contributed by atoms with Crippen molar-refractivity contribution in [1.29, 1.82) is 0 Å². The van der Waals surface area contributed by atoms with E-state index in [2.05, 4.69) is 0 Å². The van der Waals surface area contributed by atoms with Gasteiger partial charge in [-0.3, -0.25) is 4.79 Å². The Morgan fingerprint density at radius 1 is 1.33 bits per heavy atom. The second kappa shape index (κ2) is 3.74. The van der Waals surface area contributed by atoms with Gasteiger partial charge in [0.1, 0.15) is 5.82 Å². The molecule has 0 bridgehead atoms. The smallest absolute Gasteiger partial charge is 0.254 e. The third-order valence-electron chi connectivity index (χ3n) is 1.21. The van der Waals surface area contributed by atoms with E-state index in [1.807, 2.05) is 0 Å². The highest BCUT2D eigenvalue weighted by Gasteiger charge is 2.09. The Bertz CT molecular complexity index is 288. The van der Waals surface area contributed by atoms with E-state index in [0.717, 1.165) is 0 Å². The first-order valence-corrected chi connectivity index (χ1v) is 3.74. The summed E-state index contributed by atoms with van der Waals surface area (Å²) in [5.74, 6) is -0.397. The van der Waals surface area contributed by atoms with Gasteiger partial charge < -0.3 is 0 Å². The van der Waals surface area contributed by atoms with Gasteiger partial charge in [0.25, 0.3) is 0 Å². The largest absolute Gasteiger partial charge is 0.335 e. The number of rotatable bonds is 1. The first-order valence-electron chi connectivity index (χ1n) is 3.02. The number of carbonyl (C=O) groups is 1. The summed E-state index contributed by atoms with van der Waals surface area (Å²) in [4.78, 5) is 10.5. The lowest BCUT2D eigenvalue weighted by Crippen LogP contribution is -2.12. The maximum atomic E-state index is 12.4. The molecular formula is C7H4Cl2FNO. The minimum Gasteiger partial charge on any atom is -0.254 e. The molecule has 0 aliphatic carbocycles. The van der Waals surface area contributed by atoms with E-state index in [1.165, 1.54) is 24.3 Å². The van der Waals surface area contributed by atoms with Crippen molar-refractivity contribution in [3.05, 3.63) is 30.1 Å². The predicted octanol–water partition coefficient (Wildman–Crippen LogP) is 3.14. The van der Waals surface area contributed by atoms with Crippen molar-refractivity contribution in [3.63, 3.8) is 0 Å². The maximum Gasteiger partial charge on any atom is 0.335 e. The zero-order valence-electron chi connectivity index (χ0n) is 5.80. The molecule has 12 heavy (non-hydrogen) atoms. The second-order valence-corrected chi connectivity index (χ2v) is 2.67. The van der Waals surface area contributed by atoms with Crippen LogP contribution in [0.4, 0.5) is 14.9 Å². The van der Waals surface area contributed by atoms with Crippen LogP contribution in [-0.2, 0) is 0 Å². The van der Waals surface area contributed by atoms with Crippen LogP contribution in [0, 0.1) is 5.82 Å². The van der Waals surface area contributed by atoms with Crippen LogP contribution in [0.3, 0.4) is 0 Å². The van der Waals surface area contributed by atoms with Crippen molar-refractivity contribution in [2.45, 2.75) is 0 Å². The molecule has 1 aromatic rings. The molecule has 0 heterocycles. The van der Waals surface area contributed by atoms with Gasteiger partial charge in [-0.1, -0.05) is 0 Å². The topological polar surface area (TPSA) is 20.3 Å². The molecule has 0 N–H and O–H groups in total. The molecule has 0 saturated carbocycles. The van der Waals surface area contributed by atoms with E-state index < -0.39 is 11.2 Å². The molecule has 0 spiro atoms. The number of hydrogen-bond donors (Lipinski definition) is 0. The number of carbonyl (C=O) groups excluding carboxylic acids is 1. The van der Waals surface area contributed by atoms with Crippen LogP contribution in [-0.4, -0.2) is 5.37 Å². The fourth-order valence-electron chi connectivity index (χ4n) is 0.673. The zero-order chi connectivity index (χ0) is 9.14. The van der Waals surface area contributed by atoms with Gasteiger partial charge in [0.05, 0.1) is 5.69 Å². The highest BCUT2D eigenvalue weighted by molar-refractivity contribution is 6.71. The van der Waals surface area contributed by atoms with Crippen LogP contribution in [0.5, 0.6) is 0 Å². The van der Waals surface area contributed by atoms with Gasteiger partial charge in [0.15, 0.2) is 0 Å². The number of anilines is 1. The average Bonchev–Trinajstić information content (AvgIpc) is 2.04. The molecular weight excluding hydrogens is 204 g/mol. The summed E-state index contributed by atoms with van der Waals surface area (Å²) in [6, 6.07) is 5.07. The Kier molecular flexibility index (Phi) is 2.89. The predicted molar refractivity (Wildman–Crippen MR) is 46.0 cm³/mol. The van der Waals surface area contributed by atoms with E-state index in [-0.39, 0.29) is 0 Å². The van der Waals surface area contributed by atoms with Crippen LogP contribution in [0.2, 0.25) is 0 Å². The molecule has 0 aromatic heterocycles. The summed E-state index contributed by atoms with van der Waals surface area (Å²) in [6.07, 6.45) is 0. The molecule has 0 unspecified atom stereocenters. The standard InChI is InChI=1S/C7H4Cl2FNO/c8-7(12)11(9)6-3-1-5(10)2-4-6/h1-4H. The van der Waals surface area contributed by atoms with E-state index >= 15 is 0 Å². The van der Waals surface area contributed by atoms with Crippen LogP contribution in [0.15, 0.2) is 24.3 Å². The van der Waals surface area contributed by atoms with E-state index in [1.54, 1.807) is 0 Å². The highest BCUT2D eigenvalue weighted by Crippen LogP contribution is 2.18. The summed E-state index contributed by atoms with van der Waals surface area (Å²) in [7, 11) is 0. The number of benzene rings is 1. The van der Waals surface area contributed by atoms with Crippen molar-refractivity contribution in [2.24, 2.45) is 0 Å². The summed E-state index contributed by atoms with van der Waals surface area (Å²) in [6.45, 7) is 0. The monoisotopic (exact) mass is 207 g/mol. The Morgan fingerprint density at radius 3 is 2.25 bits per heavy atom. The molecule has 2 nitrogen and oxygen atoms in total. The molecule has 0 atom stereocenters.